The molecule has 0 aliphatic carbocycles. The van der Waals surface area contributed by atoms with Crippen molar-refractivity contribution < 1.29 is 18.4 Å². The van der Waals surface area contributed by atoms with E-state index < -0.39 is 42.8 Å². The van der Waals surface area contributed by atoms with Crippen molar-refractivity contribution in [2.24, 2.45) is 0 Å². The molecule has 0 atom stereocenters. The Balaban J connectivity index is 1.66. The van der Waals surface area contributed by atoms with Crippen molar-refractivity contribution in [1.82, 2.24) is 0 Å². The van der Waals surface area contributed by atoms with Gasteiger partial charge < -0.3 is 0 Å². The third-order valence-electron chi connectivity index (χ3n) is 25.9. The average Bonchev–Trinajstić information content (AvgIpc) is 0.630. The van der Waals surface area contributed by atoms with Gasteiger partial charge in [-0.25, -0.2) is 0 Å². The van der Waals surface area contributed by atoms with Gasteiger partial charge in [0.25, 0.3) is 0 Å². The van der Waals surface area contributed by atoms with Gasteiger partial charge in [0.2, 0.25) is 0 Å². The molecule has 123 heavy (non-hydrogen) atoms. The van der Waals surface area contributed by atoms with E-state index in [1.165, 1.54) is 0 Å². The molecule has 0 saturated heterocycles. The number of hydrogen-bond donors (Lipinski definition) is 2. The Kier molecular flexibility index (Phi) is 25.1. The molecule has 0 unspecified atom stereocenters. The minimum absolute atomic E-state index is 0.276. The molecule has 0 amide bonds. The summed E-state index contributed by atoms with van der Waals surface area (Å²) in [5, 5.41) is 6.11. The van der Waals surface area contributed by atoms with Crippen molar-refractivity contribution in [1.29, 1.82) is 0 Å². The van der Waals surface area contributed by atoms with E-state index in [-0.39, 0.29) is 45.3 Å². The van der Waals surface area contributed by atoms with Crippen molar-refractivity contribution in [2.45, 2.75) is 289 Å². The molecule has 0 aliphatic heterocycles. The zero-order valence-corrected chi connectivity index (χ0v) is 83.5. The standard InChI is InChI=1S/C116H147O4P3/c1-78(2)95-56-44-57-96(79(3)4)107(95)123(108-97(80(5)6)58-45-59-98(108)81(7)8,92-66-60-85(61-67-92)82-46-36-33-37-47-82,119-121(117,93-54-42-52-86(72-93)83-48-38-34-39-49-83,103-68-62-88(109(9,10)11)74-99(103)113(21,22)23)104-69-63-89(110(12,13)14)75-100(104)114(24,25)26)120-122(118,94-55-43-53-87(73-94)84-50-40-35-41-51-84,105-70-64-90(111(15,16)17)76-101(105)115(27,28)29)106-71-65-91(112(18,19)20)77-102(106)116(30,31)32/h33-81,117-118H,1-32H3. The fourth-order valence-electron chi connectivity index (χ4n) is 18.9. The summed E-state index contributed by atoms with van der Waals surface area (Å²) in [6.45, 7) is 74.3. The molecule has 0 bridgehead atoms. The maximum absolute atomic E-state index is 19.5. The molecule has 0 aromatic heterocycles. The molecule has 0 spiro atoms. The SMILES string of the molecule is CC(C)c1cccc(C(C)C)c1P(OP(O)(c1cccc(-c2ccccc2)c1)(c1ccc(C(C)(C)C)cc1C(C)(C)C)c1ccc(C(C)(C)C)cc1C(C)(C)C)(OP(O)(c1cccc(-c2ccccc2)c1)(c1ccc(C(C)(C)C)cc1C(C)(C)C)c1ccc(C(C)(C)C)cc1C(C)(C)C)(c1ccc(-c2ccccc2)cc1)c1c(C(C)C)cccc1C(C)C. The second kappa shape index (κ2) is 32.9. The van der Waals surface area contributed by atoms with Crippen LogP contribution in [0.25, 0.3) is 33.4 Å². The van der Waals surface area contributed by atoms with Crippen LogP contribution >= 0.6 is 21.2 Å². The molecule has 0 saturated carbocycles. The summed E-state index contributed by atoms with van der Waals surface area (Å²) in [5.41, 5.74) is 13.4. The molecule has 0 radical (unpaired) electrons. The second-order valence-corrected chi connectivity index (χ2v) is 56.5. The van der Waals surface area contributed by atoms with Crippen LogP contribution in [0.2, 0.25) is 0 Å². The predicted molar refractivity (Wildman–Crippen MR) is 544 cm³/mol. The summed E-state index contributed by atoms with van der Waals surface area (Å²) in [5.74, 6) is -1.10. The molecule has 4 nitrogen and oxygen atoms in total. The fraction of sp³-hybridized carbons (Fsp3) is 0.379. The third-order valence-corrected chi connectivity index (χ3v) is 42.4. The molecule has 0 heterocycles. The van der Waals surface area contributed by atoms with E-state index in [2.05, 4.69) is 495 Å². The second-order valence-electron chi connectivity index (χ2n) is 45.0. The van der Waals surface area contributed by atoms with Gasteiger partial charge in [-0.15, -0.1) is 0 Å². The van der Waals surface area contributed by atoms with Crippen LogP contribution in [0.1, 0.15) is 312 Å². The number of rotatable bonds is 20. The fourth-order valence-corrected chi connectivity index (χ4v) is 40.9. The van der Waals surface area contributed by atoms with E-state index >= 15 is 9.79 Å². The molecule has 12 aromatic rings. The van der Waals surface area contributed by atoms with Crippen LogP contribution in [0.4, 0.5) is 0 Å². The van der Waals surface area contributed by atoms with Gasteiger partial charge in [-0.05, 0) is 0 Å². The summed E-state index contributed by atoms with van der Waals surface area (Å²) in [6.07, 6.45) is 0. The predicted octanol–water partition coefficient (Wildman–Crippen LogP) is 29.0. The van der Waals surface area contributed by atoms with E-state index in [0.717, 1.165) is 111 Å². The van der Waals surface area contributed by atoms with Gasteiger partial charge in [0.05, 0.1) is 0 Å². The van der Waals surface area contributed by atoms with Gasteiger partial charge in [0, 0.05) is 0 Å². The Labute approximate surface area is 743 Å². The van der Waals surface area contributed by atoms with Crippen LogP contribution in [-0.4, -0.2) is 9.79 Å². The molecule has 12 rings (SSSR count). The Morgan fingerprint density at radius 1 is 0.211 bits per heavy atom. The molecular weight excluding hydrogens is 1550 g/mol. The van der Waals surface area contributed by atoms with Crippen molar-refractivity contribution in [2.75, 3.05) is 0 Å². The quantitative estimate of drug-likeness (QED) is 0.0747. The summed E-state index contributed by atoms with van der Waals surface area (Å²) in [4.78, 5) is 38.9. The Morgan fingerprint density at radius 3 is 0.659 bits per heavy atom. The summed E-state index contributed by atoms with van der Waals surface area (Å²) < 4.78 is 22.2. The monoisotopic (exact) mass is 1700 g/mol. The summed E-state index contributed by atoms with van der Waals surface area (Å²) in [6, 6.07) is 101. The van der Waals surface area contributed by atoms with Crippen molar-refractivity contribution in [3.8, 4) is 33.4 Å². The van der Waals surface area contributed by atoms with Gasteiger partial charge in [-0.3, -0.25) is 0 Å². The van der Waals surface area contributed by atoms with E-state index in [0.29, 0.717) is 37.1 Å². The molecule has 650 valence electrons. The van der Waals surface area contributed by atoms with Crippen molar-refractivity contribution in [3.05, 3.63) is 340 Å². The molecule has 0 fully saturated rings. The van der Waals surface area contributed by atoms with E-state index in [4.69, 9.17) is 0 Å². The van der Waals surface area contributed by atoms with Crippen molar-refractivity contribution in [3.63, 3.8) is 0 Å². The summed E-state index contributed by atoms with van der Waals surface area (Å²) >= 11 is 0. The van der Waals surface area contributed by atoms with E-state index in [9.17, 15) is 8.62 Å². The third kappa shape index (κ3) is 16.9. The molecule has 0 aliphatic rings. The first-order valence-electron chi connectivity index (χ1n) is 45.3. The van der Waals surface area contributed by atoms with E-state index in [1.54, 1.807) is 0 Å². The minimum atomic E-state index is -6.79. The van der Waals surface area contributed by atoms with Crippen LogP contribution in [0.5, 0.6) is 0 Å². The Morgan fingerprint density at radius 2 is 0.431 bits per heavy atom. The number of hydrogen-bond acceptors (Lipinski definition) is 4. The van der Waals surface area contributed by atoms with Crippen LogP contribution in [0.15, 0.2) is 273 Å². The van der Waals surface area contributed by atoms with Gasteiger partial charge in [-0.2, -0.15) is 0 Å². The first kappa shape index (κ1) is 93.9. The van der Waals surface area contributed by atoms with Gasteiger partial charge in [-0.1, -0.05) is 0 Å². The summed E-state index contributed by atoms with van der Waals surface area (Å²) in [7, 11) is -19.9. The zero-order valence-electron chi connectivity index (χ0n) is 80.8. The first-order valence-corrected chi connectivity index (χ1v) is 51.6. The molecule has 2 N–H and O–H groups in total. The maximum atomic E-state index is 19.5. The van der Waals surface area contributed by atoms with Gasteiger partial charge >= 0.3 is 749 Å². The molecule has 7 heteroatoms. The van der Waals surface area contributed by atoms with E-state index in [1.807, 2.05) is 0 Å². The van der Waals surface area contributed by atoms with Gasteiger partial charge in [0.15, 0.2) is 0 Å². The first-order chi connectivity index (χ1) is 56.9. The zero-order chi connectivity index (χ0) is 90.5. The number of benzene rings is 12. The van der Waals surface area contributed by atoms with Crippen LogP contribution in [-0.2, 0) is 51.9 Å². The Hall–Kier alpha value is -8.23. The normalized spacial score (nSPS) is 14.3. The van der Waals surface area contributed by atoms with Crippen LogP contribution in [0.3, 0.4) is 0 Å². The Bertz CT molecular complexity index is 5320. The molecule has 12 aromatic carbocycles. The van der Waals surface area contributed by atoms with Crippen LogP contribution in [0, 0.1) is 0 Å². The van der Waals surface area contributed by atoms with Crippen molar-refractivity contribution >= 4 is 68.9 Å². The van der Waals surface area contributed by atoms with Crippen LogP contribution < -0.4 is 47.7 Å². The molecular formula is C116H147O4P3. The van der Waals surface area contributed by atoms with Gasteiger partial charge in [0.1, 0.15) is 0 Å². The topological polar surface area (TPSA) is 58.9 Å². The average molecular weight is 1700 g/mol.